The second-order valence-electron chi connectivity index (χ2n) is 5.15. The van der Waals surface area contributed by atoms with Crippen LogP contribution < -0.4 is 5.32 Å². The maximum absolute atomic E-state index is 12.0. The highest BCUT2D eigenvalue weighted by Gasteiger charge is 2.13. The molecule has 0 aliphatic carbocycles. The summed E-state index contributed by atoms with van der Waals surface area (Å²) in [5.74, 6) is 1.18. The van der Waals surface area contributed by atoms with Crippen molar-refractivity contribution >= 4 is 46.0 Å². The number of carbonyl (C=O) groups is 1. The summed E-state index contributed by atoms with van der Waals surface area (Å²) in [6.07, 6.45) is 0. The molecule has 4 nitrogen and oxygen atoms in total. The van der Waals surface area contributed by atoms with Gasteiger partial charge in [0.25, 0.3) is 0 Å². The third-order valence-corrected chi connectivity index (χ3v) is 4.75. The lowest BCUT2D eigenvalue weighted by atomic mass is 10.3. The Kier molecular flexibility index (Phi) is 4.88. The molecule has 1 atom stereocenters. The molecule has 0 fully saturated rings. The molecule has 1 heterocycles. The van der Waals surface area contributed by atoms with Gasteiger partial charge in [-0.05, 0) is 37.3 Å². The number of anilines is 1. The average Bonchev–Trinajstić information content (AvgIpc) is 2.97. The van der Waals surface area contributed by atoms with Crippen molar-refractivity contribution < 1.29 is 4.79 Å². The SMILES string of the molecule is CC(SCC(=O)Nc1cccc(Cl)c1)c1nc2ccccc2[nH]1. The highest BCUT2D eigenvalue weighted by atomic mass is 35.5. The molecule has 1 amide bonds. The van der Waals surface area contributed by atoms with Crippen molar-refractivity contribution in [1.29, 1.82) is 0 Å². The van der Waals surface area contributed by atoms with E-state index in [0.717, 1.165) is 16.9 Å². The molecule has 6 heteroatoms. The minimum atomic E-state index is -0.0553. The maximum Gasteiger partial charge on any atom is 0.234 e. The van der Waals surface area contributed by atoms with Crippen LogP contribution in [0, 0.1) is 0 Å². The number of imidazole rings is 1. The number of halogens is 1. The molecule has 0 bridgehead atoms. The van der Waals surface area contributed by atoms with E-state index in [4.69, 9.17) is 11.6 Å². The van der Waals surface area contributed by atoms with Gasteiger partial charge in [0.1, 0.15) is 5.82 Å². The molecule has 23 heavy (non-hydrogen) atoms. The standard InChI is InChI=1S/C17H16ClN3OS/c1-11(17-20-14-7-2-3-8-15(14)21-17)23-10-16(22)19-13-6-4-5-12(18)9-13/h2-9,11H,10H2,1H3,(H,19,22)(H,20,21). The summed E-state index contributed by atoms with van der Waals surface area (Å²) in [7, 11) is 0. The van der Waals surface area contributed by atoms with Crippen LogP contribution in [0.3, 0.4) is 0 Å². The van der Waals surface area contributed by atoms with Gasteiger partial charge in [-0.3, -0.25) is 4.79 Å². The fourth-order valence-electron chi connectivity index (χ4n) is 2.21. The highest BCUT2D eigenvalue weighted by molar-refractivity contribution is 8.00. The number of amides is 1. The van der Waals surface area contributed by atoms with Crippen molar-refractivity contribution in [2.24, 2.45) is 0 Å². The Hall–Kier alpha value is -1.98. The molecule has 1 aromatic heterocycles. The number of benzene rings is 2. The van der Waals surface area contributed by atoms with Gasteiger partial charge in [-0.1, -0.05) is 29.8 Å². The van der Waals surface area contributed by atoms with Crippen molar-refractivity contribution in [3.05, 3.63) is 59.4 Å². The van der Waals surface area contributed by atoms with Gasteiger partial charge in [0.15, 0.2) is 0 Å². The van der Waals surface area contributed by atoms with E-state index in [-0.39, 0.29) is 11.2 Å². The summed E-state index contributed by atoms with van der Waals surface area (Å²) in [5, 5.41) is 3.55. The summed E-state index contributed by atoms with van der Waals surface area (Å²) in [6.45, 7) is 2.04. The number of H-pyrrole nitrogens is 1. The van der Waals surface area contributed by atoms with Crippen molar-refractivity contribution in [1.82, 2.24) is 9.97 Å². The fraction of sp³-hybridized carbons (Fsp3) is 0.176. The summed E-state index contributed by atoms with van der Waals surface area (Å²) >= 11 is 7.44. The quantitative estimate of drug-likeness (QED) is 0.707. The Labute approximate surface area is 143 Å². The van der Waals surface area contributed by atoms with Gasteiger partial charge in [-0.2, -0.15) is 0 Å². The molecule has 0 saturated heterocycles. The van der Waals surface area contributed by atoms with E-state index in [1.54, 1.807) is 12.1 Å². The van der Waals surface area contributed by atoms with E-state index in [1.807, 2.05) is 43.3 Å². The lowest BCUT2D eigenvalue weighted by molar-refractivity contribution is -0.113. The van der Waals surface area contributed by atoms with E-state index in [0.29, 0.717) is 16.5 Å². The third kappa shape index (κ3) is 4.06. The van der Waals surface area contributed by atoms with Crippen LogP contribution in [0.1, 0.15) is 18.0 Å². The third-order valence-electron chi connectivity index (χ3n) is 3.37. The first-order chi connectivity index (χ1) is 11.1. The van der Waals surface area contributed by atoms with E-state index in [2.05, 4.69) is 15.3 Å². The zero-order chi connectivity index (χ0) is 16.2. The van der Waals surface area contributed by atoms with Crippen LogP contribution in [0.25, 0.3) is 11.0 Å². The van der Waals surface area contributed by atoms with Crippen LogP contribution in [-0.2, 0) is 4.79 Å². The van der Waals surface area contributed by atoms with Crippen molar-refractivity contribution in [2.75, 3.05) is 11.1 Å². The molecule has 3 rings (SSSR count). The average molecular weight is 346 g/mol. The number of rotatable bonds is 5. The van der Waals surface area contributed by atoms with Crippen molar-refractivity contribution in [2.45, 2.75) is 12.2 Å². The van der Waals surface area contributed by atoms with Crippen LogP contribution in [0.2, 0.25) is 5.02 Å². The van der Waals surface area contributed by atoms with E-state index in [1.165, 1.54) is 11.8 Å². The predicted octanol–water partition coefficient (Wildman–Crippen LogP) is 4.65. The van der Waals surface area contributed by atoms with E-state index >= 15 is 0 Å². The highest BCUT2D eigenvalue weighted by Crippen LogP contribution is 2.27. The number of fused-ring (bicyclic) bond motifs is 1. The summed E-state index contributed by atoms with van der Waals surface area (Å²) < 4.78 is 0. The first-order valence-corrected chi connectivity index (χ1v) is 8.66. The minimum Gasteiger partial charge on any atom is -0.341 e. The number of nitrogens with one attached hydrogen (secondary N) is 2. The van der Waals surface area contributed by atoms with Crippen LogP contribution in [0.4, 0.5) is 5.69 Å². The molecule has 0 saturated carbocycles. The first kappa shape index (κ1) is 15.9. The number of carbonyl (C=O) groups excluding carboxylic acids is 1. The molecule has 0 radical (unpaired) electrons. The van der Waals surface area contributed by atoms with Crippen molar-refractivity contribution in [3.8, 4) is 0 Å². The van der Waals surface area contributed by atoms with Gasteiger partial charge < -0.3 is 10.3 Å². The number of aromatic amines is 1. The Morgan fingerprint density at radius 1 is 1.30 bits per heavy atom. The Morgan fingerprint density at radius 2 is 2.13 bits per heavy atom. The molecule has 0 aliphatic rings. The first-order valence-electron chi connectivity index (χ1n) is 7.23. The number of hydrogen-bond acceptors (Lipinski definition) is 3. The summed E-state index contributed by atoms with van der Waals surface area (Å²) in [4.78, 5) is 19.9. The summed E-state index contributed by atoms with van der Waals surface area (Å²) in [5.41, 5.74) is 2.66. The topological polar surface area (TPSA) is 57.8 Å². The van der Waals surface area contributed by atoms with Crippen LogP contribution in [0.15, 0.2) is 48.5 Å². The zero-order valence-electron chi connectivity index (χ0n) is 12.5. The molecular weight excluding hydrogens is 330 g/mol. The molecule has 2 aromatic carbocycles. The van der Waals surface area contributed by atoms with Gasteiger partial charge >= 0.3 is 0 Å². The molecule has 3 aromatic rings. The fourth-order valence-corrected chi connectivity index (χ4v) is 3.14. The van der Waals surface area contributed by atoms with Gasteiger partial charge in [0.2, 0.25) is 5.91 Å². The molecule has 0 aliphatic heterocycles. The second kappa shape index (κ2) is 7.06. The zero-order valence-corrected chi connectivity index (χ0v) is 14.1. The molecule has 1 unspecified atom stereocenters. The number of para-hydroxylation sites is 2. The normalized spacial score (nSPS) is 12.3. The maximum atomic E-state index is 12.0. The van der Waals surface area contributed by atoms with Crippen LogP contribution in [0.5, 0.6) is 0 Å². The van der Waals surface area contributed by atoms with Gasteiger partial charge in [0.05, 0.1) is 22.0 Å². The van der Waals surface area contributed by atoms with Crippen LogP contribution in [-0.4, -0.2) is 21.6 Å². The lowest BCUT2D eigenvalue weighted by Crippen LogP contribution is -2.14. The second-order valence-corrected chi connectivity index (χ2v) is 6.92. The Morgan fingerprint density at radius 3 is 2.91 bits per heavy atom. The number of thioether (sulfide) groups is 1. The number of aromatic nitrogens is 2. The summed E-state index contributed by atoms with van der Waals surface area (Å²) in [6, 6.07) is 15.0. The van der Waals surface area contributed by atoms with Gasteiger partial charge in [-0.15, -0.1) is 11.8 Å². The largest absolute Gasteiger partial charge is 0.341 e. The molecule has 2 N–H and O–H groups in total. The van der Waals surface area contributed by atoms with Crippen LogP contribution >= 0.6 is 23.4 Å². The van der Waals surface area contributed by atoms with E-state index < -0.39 is 0 Å². The van der Waals surface area contributed by atoms with Gasteiger partial charge in [0, 0.05) is 10.7 Å². The number of hydrogen-bond donors (Lipinski definition) is 2. The molecule has 0 spiro atoms. The molecule has 118 valence electrons. The van der Waals surface area contributed by atoms with Crippen molar-refractivity contribution in [3.63, 3.8) is 0 Å². The van der Waals surface area contributed by atoms with E-state index in [9.17, 15) is 4.79 Å². The Bertz CT molecular complexity index is 800. The predicted molar refractivity (Wildman–Crippen MR) is 97.0 cm³/mol. The lowest BCUT2D eigenvalue weighted by Gasteiger charge is -2.09. The van der Waals surface area contributed by atoms with Gasteiger partial charge in [-0.25, -0.2) is 4.98 Å². The minimum absolute atomic E-state index is 0.0553. The molecular formula is C17H16ClN3OS. The smallest absolute Gasteiger partial charge is 0.234 e. The number of nitrogens with zero attached hydrogens (tertiary/aromatic N) is 1. The Balaban J connectivity index is 1.57. The monoisotopic (exact) mass is 345 g/mol.